The number of hydrogen-bond acceptors (Lipinski definition) is 2. The highest BCUT2D eigenvalue weighted by Crippen LogP contribution is 2.20. The van der Waals surface area contributed by atoms with Crippen LogP contribution in [0, 0.1) is 0 Å². The zero-order chi connectivity index (χ0) is 8.97. The van der Waals surface area contributed by atoms with Crippen molar-refractivity contribution in [3.63, 3.8) is 0 Å². The van der Waals surface area contributed by atoms with Crippen molar-refractivity contribution in [2.45, 2.75) is 6.54 Å². The Labute approximate surface area is 81.4 Å². The molecule has 0 fully saturated rings. The Morgan fingerprint density at radius 2 is 2.17 bits per heavy atom. The molecule has 0 aliphatic carbocycles. The molecule has 0 atom stereocenters. The highest BCUT2D eigenvalue weighted by molar-refractivity contribution is 6.33. The van der Waals surface area contributed by atoms with Gasteiger partial charge in [-0.25, -0.2) is 0 Å². The molecule has 4 heteroatoms. The van der Waals surface area contributed by atoms with Gasteiger partial charge in [0.1, 0.15) is 0 Å². The van der Waals surface area contributed by atoms with Crippen molar-refractivity contribution in [1.29, 1.82) is 0 Å². The van der Waals surface area contributed by atoms with Crippen molar-refractivity contribution in [2.75, 3.05) is 7.11 Å². The van der Waals surface area contributed by atoms with E-state index in [9.17, 15) is 0 Å². The Morgan fingerprint density at radius 3 is 2.83 bits per heavy atom. The van der Waals surface area contributed by atoms with Gasteiger partial charge in [0, 0.05) is 16.6 Å². The van der Waals surface area contributed by atoms with Crippen LogP contribution in [0.25, 0.3) is 0 Å². The molecule has 0 aliphatic heterocycles. The lowest BCUT2D eigenvalue weighted by atomic mass is 10.2. The van der Waals surface area contributed by atoms with Gasteiger partial charge < -0.3 is 4.84 Å². The van der Waals surface area contributed by atoms with Crippen molar-refractivity contribution < 1.29 is 4.84 Å². The summed E-state index contributed by atoms with van der Waals surface area (Å²) in [6.45, 7) is 0.551. The summed E-state index contributed by atoms with van der Waals surface area (Å²) in [6.07, 6.45) is 0. The van der Waals surface area contributed by atoms with Crippen LogP contribution in [0.15, 0.2) is 18.2 Å². The second-order valence-electron chi connectivity index (χ2n) is 2.26. The lowest BCUT2D eigenvalue weighted by molar-refractivity contribution is 0.0867. The molecule has 2 nitrogen and oxygen atoms in total. The SMILES string of the molecule is CONCc1cc(Cl)ccc1Cl. The molecule has 0 saturated carbocycles. The Kier molecular flexibility index (Phi) is 3.82. The molecule has 0 aromatic heterocycles. The summed E-state index contributed by atoms with van der Waals surface area (Å²) in [5.74, 6) is 0. The fourth-order valence-electron chi connectivity index (χ4n) is 0.829. The van der Waals surface area contributed by atoms with E-state index in [1.54, 1.807) is 25.3 Å². The zero-order valence-corrected chi connectivity index (χ0v) is 8.12. The first-order chi connectivity index (χ1) is 5.74. The number of rotatable bonds is 3. The molecule has 1 N–H and O–H groups in total. The number of nitrogens with one attached hydrogen (secondary N) is 1. The monoisotopic (exact) mass is 205 g/mol. The van der Waals surface area contributed by atoms with Gasteiger partial charge in [0.05, 0.1) is 7.11 Å². The Balaban J connectivity index is 2.75. The summed E-state index contributed by atoms with van der Waals surface area (Å²) >= 11 is 11.6. The number of hydroxylamine groups is 1. The number of hydrogen-bond donors (Lipinski definition) is 1. The molecular formula is C8H9Cl2NO. The molecule has 0 unspecified atom stereocenters. The predicted octanol–water partition coefficient (Wildman–Crippen LogP) is 2.64. The molecule has 0 bridgehead atoms. The predicted molar refractivity (Wildman–Crippen MR) is 50.3 cm³/mol. The summed E-state index contributed by atoms with van der Waals surface area (Å²) in [5, 5.41) is 1.36. The van der Waals surface area contributed by atoms with E-state index in [2.05, 4.69) is 10.3 Å². The quantitative estimate of drug-likeness (QED) is 0.767. The minimum absolute atomic E-state index is 0.551. The first-order valence-electron chi connectivity index (χ1n) is 3.44. The van der Waals surface area contributed by atoms with Crippen LogP contribution in [0.4, 0.5) is 0 Å². The smallest absolute Gasteiger partial charge is 0.0572 e. The number of halogens is 2. The van der Waals surface area contributed by atoms with Crippen LogP contribution < -0.4 is 5.48 Å². The molecule has 1 aromatic carbocycles. The number of benzene rings is 1. The third-order valence-electron chi connectivity index (χ3n) is 1.41. The van der Waals surface area contributed by atoms with Crippen molar-refractivity contribution in [3.8, 4) is 0 Å². The van der Waals surface area contributed by atoms with Gasteiger partial charge in [-0.05, 0) is 23.8 Å². The standard InChI is InChI=1S/C8H9Cl2NO/c1-12-11-5-6-4-7(9)2-3-8(6)10/h2-4,11H,5H2,1H3. The maximum atomic E-state index is 5.88. The molecule has 0 saturated heterocycles. The second kappa shape index (κ2) is 4.67. The van der Waals surface area contributed by atoms with E-state index in [0.717, 1.165) is 5.56 Å². The van der Waals surface area contributed by atoms with Crippen LogP contribution in [-0.2, 0) is 11.4 Å². The summed E-state index contributed by atoms with van der Waals surface area (Å²) in [6, 6.07) is 5.31. The van der Waals surface area contributed by atoms with Gasteiger partial charge in [-0.3, -0.25) is 0 Å². The van der Waals surface area contributed by atoms with Crippen molar-refractivity contribution in [2.24, 2.45) is 0 Å². The van der Waals surface area contributed by atoms with E-state index in [1.165, 1.54) is 0 Å². The van der Waals surface area contributed by atoms with Gasteiger partial charge >= 0.3 is 0 Å². The second-order valence-corrected chi connectivity index (χ2v) is 3.10. The van der Waals surface area contributed by atoms with E-state index in [1.807, 2.05) is 0 Å². The molecule has 12 heavy (non-hydrogen) atoms. The third-order valence-corrected chi connectivity index (χ3v) is 2.02. The fourth-order valence-corrected chi connectivity index (χ4v) is 1.21. The molecule has 1 aromatic rings. The largest absolute Gasteiger partial charge is 0.305 e. The van der Waals surface area contributed by atoms with Crippen LogP contribution in [0.2, 0.25) is 10.0 Å². The topological polar surface area (TPSA) is 21.3 Å². The van der Waals surface area contributed by atoms with E-state index in [-0.39, 0.29) is 0 Å². The van der Waals surface area contributed by atoms with Gasteiger partial charge in [-0.2, -0.15) is 5.48 Å². The molecule has 66 valence electrons. The summed E-state index contributed by atoms with van der Waals surface area (Å²) in [7, 11) is 1.55. The third kappa shape index (κ3) is 2.64. The van der Waals surface area contributed by atoms with E-state index < -0.39 is 0 Å². The summed E-state index contributed by atoms with van der Waals surface area (Å²) in [4.78, 5) is 4.69. The lowest BCUT2D eigenvalue weighted by Crippen LogP contribution is -2.10. The van der Waals surface area contributed by atoms with Crippen molar-refractivity contribution in [1.82, 2.24) is 5.48 Å². The minimum Gasteiger partial charge on any atom is -0.305 e. The van der Waals surface area contributed by atoms with Crippen LogP contribution in [0.1, 0.15) is 5.56 Å². The van der Waals surface area contributed by atoms with Gasteiger partial charge in [0.25, 0.3) is 0 Å². The highest BCUT2D eigenvalue weighted by atomic mass is 35.5. The average molecular weight is 206 g/mol. The average Bonchev–Trinajstić information content (AvgIpc) is 2.07. The molecule has 0 heterocycles. The molecule has 0 aliphatic rings. The Morgan fingerprint density at radius 1 is 1.42 bits per heavy atom. The summed E-state index contributed by atoms with van der Waals surface area (Å²) < 4.78 is 0. The van der Waals surface area contributed by atoms with Gasteiger partial charge in [0.15, 0.2) is 0 Å². The van der Waals surface area contributed by atoms with E-state index >= 15 is 0 Å². The minimum atomic E-state index is 0.551. The first-order valence-corrected chi connectivity index (χ1v) is 4.19. The molecule has 1 rings (SSSR count). The zero-order valence-electron chi connectivity index (χ0n) is 6.60. The maximum absolute atomic E-state index is 5.88. The van der Waals surface area contributed by atoms with Crippen molar-refractivity contribution >= 4 is 23.2 Å². The van der Waals surface area contributed by atoms with E-state index in [0.29, 0.717) is 16.6 Å². The maximum Gasteiger partial charge on any atom is 0.0572 e. The van der Waals surface area contributed by atoms with Gasteiger partial charge in [0.2, 0.25) is 0 Å². The van der Waals surface area contributed by atoms with Crippen LogP contribution in [-0.4, -0.2) is 7.11 Å². The lowest BCUT2D eigenvalue weighted by Gasteiger charge is -2.04. The molecule has 0 amide bonds. The first kappa shape index (κ1) is 9.81. The Bertz CT molecular complexity index is 265. The van der Waals surface area contributed by atoms with Crippen LogP contribution in [0.5, 0.6) is 0 Å². The van der Waals surface area contributed by atoms with Crippen LogP contribution in [0.3, 0.4) is 0 Å². The van der Waals surface area contributed by atoms with Gasteiger partial charge in [-0.1, -0.05) is 23.2 Å². The van der Waals surface area contributed by atoms with E-state index in [4.69, 9.17) is 23.2 Å². The van der Waals surface area contributed by atoms with Crippen molar-refractivity contribution in [3.05, 3.63) is 33.8 Å². The highest BCUT2D eigenvalue weighted by Gasteiger charge is 1.99. The summed E-state index contributed by atoms with van der Waals surface area (Å²) in [5.41, 5.74) is 3.61. The Hall–Kier alpha value is -0.280. The molecule has 0 spiro atoms. The fraction of sp³-hybridized carbons (Fsp3) is 0.250. The van der Waals surface area contributed by atoms with Crippen LogP contribution >= 0.6 is 23.2 Å². The molecule has 0 radical (unpaired) electrons. The molecular weight excluding hydrogens is 197 g/mol. The normalized spacial score (nSPS) is 10.2. The van der Waals surface area contributed by atoms with Gasteiger partial charge in [-0.15, -0.1) is 0 Å².